The van der Waals surface area contributed by atoms with Crippen molar-refractivity contribution in [2.45, 2.75) is 31.2 Å². The van der Waals surface area contributed by atoms with Crippen LogP contribution >= 0.6 is 0 Å². The summed E-state index contributed by atoms with van der Waals surface area (Å²) in [5.74, 6) is -0.340. The molecule has 0 saturated carbocycles. The van der Waals surface area contributed by atoms with E-state index in [1.807, 2.05) is 18.2 Å². The lowest BCUT2D eigenvalue weighted by Crippen LogP contribution is -2.48. The van der Waals surface area contributed by atoms with Crippen LogP contribution in [0.5, 0.6) is 0 Å². The first-order valence-electron chi connectivity index (χ1n) is 7.34. The van der Waals surface area contributed by atoms with E-state index in [9.17, 15) is 4.79 Å². The highest BCUT2D eigenvalue weighted by Gasteiger charge is 2.33. The molecule has 3 rings (SSSR count). The molecule has 2 aromatic rings. The number of H-pyrrole nitrogens is 1. The average Bonchev–Trinajstić information content (AvgIpc) is 2.91. The van der Waals surface area contributed by atoms with E-state index in [1.165, 1.54) is 0 Å². The Morgan fingerprint density at radius 3 is 2.77 bits per heavy atom. The molecule has 6 nitrogen and oxygen atoms in total. The number of carbonyl (C=O) groups excluding carboxylic acids is 1. The summed E-state index contributed by atoms with van der Waals surface area (Å²) in [5.41, 5.74) is 8.82. The Balaban J connectivity index is 2.02. The van der Waals surface area contributed by atoms with Crippen LogP contribution in [0.4, 0.5) is 0 Å². The van der Waals surface area contributed by atoms with E-state index in [0.717, 1.165) is 22.2 Å². The van der Waals surface area contributed by atoms with Gasteiger partial charge in [-0.15, -0.1) is 0 Å². The molecule has 6 heteroatoms. The molecular weight excluding hydrogens is 282 g/mol. The van der Waals surface area contributed by atoms with E-state index >= 15 is 0 Å². The predicted molar refractivity (Wildman–Crippen MR) is 83.3 cm³/mol. The highest BCUT2D eigenvalue weighted by molar-refractivity contribution is 5.87. The third kappa shape index (κ3) is 2.61. The number of fused-ring (bicyclic) bond motifs is 3. The van der Waals surface area contributed by atoms with Gasteiger partial charge in [0.05, 0.1) is 12.1 Å². The maximum atomic E-state index is 11.7. The molecule has 118 valence electrons. The highest BCUT2D eigenvalue weighted by Crippen LogP contribution is 2.34. The van der Waals surface area contributed by atoms with Crippen molar-refractivity contribution >= 4 is 16.8 Å². The number of aromatic amines is 1. The first-order chi connectivity index (χ1) is 10.6. The molecule has 0 radical (unpaired) electrons. The summed E-state index contributed by atoms with van der Waals surface area (Å²) in [6.45, 7) is 0. The largest absolute Gasteiger partial charge is 0.368 e. The lowest BCUT2D eigenvalue weighted by molar-refractivity contribution is -0.122. The van der Waals surface area contributed by atoms with Gasteiger partial charge in [0.25, 0.3) is 0 Å². The molecule has 0 unspecified atom stereocenters. The van der Waals surface area contributed by atoms with Gasteiger partial charge in [-0.3, -0.25) is 10.1 Å². The Labute approximate surface area is 129 Å². The number of aromatic nitrogens is 1. The second-order valence-corrected chi connectivity index (χ2v) is 5.58. The molecule has 0 saturated heterocycles. The Morgan fingerprint density at radius 1 is 1.36 bits per heavy atom. The van der Waals surface area contributed by atoms with E-state index in [1.54, 1.807) is 14.2 Å². The first kappa shape index (κ1) is 15.0. The number of carbonyl (C=O) groups is 1. The molecule has 2 heterocycles. The molecule has 2 atom stereocenters. The van der Waals surface area contributed by atoms with Gasteiger partial charge in [0.1, 0.15) is 0 Å². The summed E-state index contributed by atoms with van der Waals surface area (Å²) in [7, 11) is 3.21. The maximum absolute atomic E-state index is 11.7. The van der Waals surface area contributed by atoms with Crippen LogP contribution in [0.15, 0.2) is 24.3 Å². The fourth-order valence-corrected chi connectivity index (χ4v) is 3.18. The van der Waals surface area contributed by atoms with Crippen molar-refractivity contribution in [3.8, 4) is 0 Å². The fraction of sp³-hybridized carbons (Fsp3) is 0.438. The van der Waals surface area contributed by atoms with Crippen molar-refractivity contribution in [3.05, 3.63) is 35.5 Å². The molecule has 0 bridgehead atoms. The standard InChI is InChI=1S/C16H21N3O3/c1-21-14(22-2)8-12-15-10(7-13(18-12)16(17)20)9-5-3-4-6-11(9)19-15/h3-6,12-14,18-19H,7-8H2,1-2H3,(H2,17,20)/t12-,13+/m1/s1. The second kappa shape index (κ2) is 6.08. The topological polar surface area (TPSA) is 89.4 Å². The number of methoxy groups -OCH3 is 2. The summed E-state index contributed by atoms with van der Waals surface area (Å²) in [6.07, 6.45) is 0.843. The van der Waals surface area contributed by atoms with Gasteiger partial charge in [-0.1, -0.05) is 18.2 Å². The van der Waals surface area contributed by atoms with Crippen molar-refractivity contribution in [3.63, 3.8) is 0 Å². The quantitative estimate of drug-likeness (QED) is 0.725. The highest BCUT2D eigenvalue weighted by atomic mass is 16.7. The molecule has 1 aromatic heterocycles. The summed E-state index contributed by atoms with van der Waals surface area (Å²) in [6, 6.07) is 7.64. The molecule has 1 aliphatic rings. The zero-order chi connectivity index (χ0) is 15.7. The van der Waals surface area contributed by atoms with Crippen LogP contribution < -0.4 is 11.1 Å². The van der Waals surface area contributed by atoms with Gasteiger partial charge in [-0.2, -0.15) is 0 Å². The van der Waals surface area contributed by atoms with Crippen LogP contribution in [0.3, 0.4) is 0 Å². The lowest BCUT2D eigenvalue weighted by Gasteiger charge is -2.31. The number of nitrogens with two attached hydrogens (primary N) is 1. The minimum absolute atomic E-state index is 0.0708. The average molecular weight is 303 g/mol. The molecule has 22 heavy (non-hydrogen) atoms. The number of benzene rings is 1. The zero-order valence-corrected chi connectivity index (χ0v) is 12.8. The van der Waals surface area contributed by atoms with Crippen molar-refractivity contribution < 1.29 is 14.3 Å². The SMILES string of the molecule is COC(C[C@H]1N[C@H](C(N)=O)Cc2c1[nH]c1ccccc21)OC. The molecule has 1 aliphatic heterocycles. The minimum Gasteiger partial charge on any atom is -0.368 e. The molecule has 1 aromatic carbocycles. The molecular formula is C16H21N3O3. The van der Waals surface area contributed by atoms with Crippen LogP contribution in [0, 0.1) is 0 Å². The molecule has 1 amide bonds. The molecule has 4 N–H and O–H groups in total. The summed E-state index contributed by atoms with van der Waals surface area (Å²) < 4.78 is 10.6. The number of ether oxygens (including phenoxy) is 2. The number of nitrogens with one attached hydrogen (secondary N) is 2. The lowest BCUT2D eigenvalue weighted by atomic mass is 9.92. The number of hydrogen-bond acceptors (Lipinski definition) is 4. The molecule has 0 fully saturated rings. The number of rotatable bonds is 5. The number of amides is 1. The second-order valence-electron chi connectivity index (χ2n) is 5.58. The maximum Gasteiger partial charge on any atom is 0.234 e. The third-order valence-corrected chi connectivity index (χ3v) is 4.30. The van der Waals surface area contributed by atoms with E-state index in [2.05, 4.69) is 16.4 Å². The van der Waals surface area contributed by atoms with Crippen molar-refractivity contribution in [2.75, 3.05) is 14.2 Å². The van der Waals surface area contributed by atoms with E-state index < -0.39 is 0 Å². The van der Waals surface area contributed by atoms with Gasteiger partial charge in [-0.05, 0) is 18.1 Å². The monoisotopic (exact) mass is 303 g/mol. The summed E-state index contributed by atoms with van der Waals surface area (Å²) >= 11 is 0. The van der Waals surface area contributed by atoms with Gasteiger partial charge in [0, 0.05) is 37.2 Å². The predicted octanol–water partition coefficient (Wildman–Crippen LogP) is 1.22. The zero-order valence-electron chi connectivity index (χ0n) is 12.8. The van der Waals surface area contributed by atoms with E-state index in [4.69, 9.17) is 15.2 Å². The minimum atomic E-state index is -0.383. The van der Waals surface area contributed by atoms with Crippen molar-refractivity contribution in [2.24, 2.45) is 5.73 Å². The summed E-state index contributed by atoms with van der Waals surface area (Å²) in [5, 5.41) is 4.44. The van der Waals surface area contributed by atoms with Gasteiger partial charge >= 0.3 is 0 Å². The summed E-state index contributed by atoms with van der Waals surface area (Å²) in [4.78, 5) is 15.1. The normalized spacial score (nSPS) is 21.2. The van der Waals surface area contributed by atoms with Crippen LogP contribution in [-0.4, -0.2) is 37.4 Å². The number of primary amides is 1. The van der Waals surface area contributed by atoms with E-state index in [-0.39, 0.29) is 24.3 Å². The Morgan fingerprint density at radius 2 is 2.09 bits per heavy atom. The van der Waals surface area contributed by atoms with Gasteiger partial charge < -0.3 is 20.2 Å². The van der Waals surface area contributed by atoms with E-state index in [0.29, 0.717) is 12.8 Å². The smallest absolute Gasteiger partial charge is 0.234 e. The van der Waals surface area contributed by atoms with Crippen molar-refractivity contribution in [1.29, 1.82) is 0 Å². The number of para-hydroxylation sites is 1. The Hall–Kier alpha value is -1.89. The van der Waals surface area contributed by atoms with Gasteiger partial charge in [0.15, 0.2) is 6.29 Å². The van der Waals surface area contributed by atoms with Crippen LogP contribution in [-0.2, 0) is 20.7 Å². The molecule has 0 aliphatic carbocycles. The number of hydrogen-bond donors (Lipinski definition) is 3. The van der Waals surface area contributed by atoms with Crippen LogP contribution in [0.2, 0.25) is 0 Å². The van der Waals surface area contributed by atoms with Crippen LogP contribution in [0.25, 0.3) is 10.9 Å². The van der Waals surface area contributed by atoms with Gasteiger partial charge in [0.2, 0.25) is 5.91 Å². The van der Waals surface area contributed by atoms with Crippen molar-refractivity contribution in [1.82, 2.24) is 10.3 Å². The Kier molecular flexibility index (Phi) is 4.15. The first-order valence-corrected chi connectivity index (χ1v) is 7.34. The van der Waals surface area contributed by atoms with Gasteiger partial charge in [-0.25, -0.2) is 0 Å². The molecule has 0 spiro atoms. The third-order valence-electron chi connectivity index (χ3n) is 4.30. The van der Waals surface area contributed by atoms with Crippen LogP contribution in [0.1, 0.15) is 23.7 Å². The fourth-order valence-electron chi connectivity index (χ4n) is 3.18. The Bertz CT molecular complexity index is 678.